The average molecular weight is 458 g/mol. The number of pyridine rings is 2. The summed E-state index contributed by atoms with van der Waals surface area (Å²) in [7, 11) is 2.19. The van der Waals surface area contributed by atoms with E-state index in [2.05, 4.69) is 49.7 Å². The number of hydrogen-bond donors (Lipinski definition) is 1. The Bertz CT molecular complexity index is 1300. The van der Waals surface area contributed by atoms with Crippen molar-refractivity contribution in [1.82, 2.24) is 29.7 Å². The van der Waals surface area contributed by atoms with Crippen molar-refractivity contribution < 1.29 is 9.47 Å². The van der Waals surface area contributed by atoms with Gasteiger partial charge in [0, 0.05) is 60.2 Å². The number of nitrogens with zero attached hydrogens (tertiary/aromatic N) is 6. The lowest BCUT2D eigenvalue weighted by Gasteiger charge is -2.46. The molecule has 0 radical (unpaired) electrons. The molecule has 2 bridgehead atoms. The SMILES string of the molecule is Cc1cc(-c2cccn3nc(Nc4cccnn4)cc23)c(OC2CC3COCC(C2)N3C)cn1. The Morgan fingerprint density at radius 2 is 1.91 bits per heavy atom. The summed E-state index contributed by atoms with van der Waals surface area (Å²) in [6.07, 6.45) is 7.47. The fraction of sp³-hybridized carbons (Fsp3) is 0.360. The predicted octanol–water partition coefficient (Wildman–Crippen LogP) is 3.48. The van der Waals surface area contributed by atoms with Crippen LogP contribution in [-0.2, 0) is 4.74 Å². The van der Waals surface area contributed by atoms with Crippen LogP contribution in [0.3, 0.4) is 0 Å². The van der Waals surface area contributed by atoms with Crippen LogP contribution in [0.1, 0.15) is 18.5 Å². The second-order valence-corrected chi connectivity index (χ2v) is 9.06. The maximum atomic E-state index is 6.62. The number of piperidine rings is 1. The Balaban J connectivity index is 1.34. The second-order valence-electron chi connectivity index (χ2n) is 9.06. The third-order valence-electron chi connectivity index (χ3n) is 6.76. The predicted molar refractivity (Wildman–Crippen MR) is 128 cm³/mol. The molecule has 0 amide bonds. The maximum Gasteiger partial charge on any atom is 0.154 e. The molecule has 9 heteroatoms. The molecule has 174 valence electrons. The average Bonchev–Trinajstić information content (AvgIpc) is 3.24. The standard InChI is InChI=1S/C25H27N7O2/c1-16-9-21(23(13-26-16)34-19-10-17-14-33-15-18(11-19)31(17)2)20-5-4-8-32-22(20)12-25(30-32)28-24-6-3-7-27-29-24/h3-9,12-13,17-19H,10-11,14-15H2,1-2H3,(H,28,29,30). The first-order valence-electron chi connectivity index (χ1n) is 11.6. The Labute approximate surface area is 197 Å². The van der Waals surface area contributed by atoms with Gasteiger partial charge < -0.3 is 14.8 Å². The van der Waals surface area contributed by atoms with Gasteiger partial charge in [0.2, 0.25) is 0 Å². The number of likely N-dealkylation sites (N-methyl/N-ethyl adjacent to an activating group) is 1. The number of rotatable bonds is 5. The lowest BCUT2D eigenvalue weighted by Crippen LogP contribution is -2.57. The van der Waals surface area contributed by atoms with Crippen LogP contribution in [0.25, 0.3) is 16.6 Å². The third kappa shape index (κ3) is 3.97. The molecule has 2 saturated heterocycles. The fourth-order valence-electron chi connectivity index (χ4n) is 4.98. The number of aryl methyl sites for hydroxylation is 1. The van der Waals surface area contributed by atoms with Crippen molar-refractivity contribution in [2.45, 2.75) is 38.0 Å². The van der Waals surface area contributed by atoms with E-state index >= 15 is 0 Å². The number of ether oxygens (including phenoxy) is 2. The lowest BCUT2D eigenvalue weighted by atomic mass is 9.92. The molecule has 6 heterocycles. The molecular formula is C25H27N7O2. The highest BCUT2D eigenvalue weighted by atomic mass is 16.5. The molecule has 0 spiro atoms. The van der Waals surface area contributed by atoms with Crippen LogP contribution < -0.4 is 10.1 Å². The van der Waals surface area contributed by atoms with Gasteiger partial charge in [0.05, 0.1) is 24.9 Å². The van der Waals surface area contributed by atoms with Gasteiger partial charge >= 0.3 is 0 Å². The molecule has 34 heavy (non-hydrogen) atoms. The van der Waals surface area contributed by atoms with E-state index in [1.165, 1.54) is 0 Å². The van der Waals surface area contributed by atoms with Crippen molar-refractivity contribution >= 4 is 17.2 Å². The molecule has 2 fully saturated rings. The third-order valence-corrected chi connectivity index (χ3v) is 6.76. The monoisotopic (exact) mass is 457 g/mol. The van der Waals surface area contributed by atoms with Crippen LogP contribution in [0.2, 0.25) is 0 Å². The number of aromatic nitrogens is 5. The number of anilines is 2. The summed E-state index contributed by atoms with van der Waals surface area (Å²) in [6, 6.07) is 12.7. The number of hydrogen-bond acceptors (Lipinski definition) is 8. The number of fused-ring (bicyclic) bond motifs is 3. The minimum Gasteiger partial charge on any atom is -0.488 e. The van der Waals surface area contributed by atoms with Crippen molar-refractivity contribution in [2.75, 3.05) is 25.6 Å². The molecule has 2 aliphatic heterocycles. The van der Waals surface area contributed by atoms with Crippen LogP contribution in [0.15, 0.2) is 55.0 Å². The molecule has 0 aromatic carbocycles. The highest BCUT2D eigenvalue weighted by molar-refractivity contribution is 5.85. The van der Waals surface area contributed by atoms with E-state index in [0.29, 0.717) is 23.7 Å². The molecule has 2 unspecified atom stereocenters. The molecule has 1 N–H and O–H groups in total. The van der Waals surface area contributed by atoms with E-state index in [1.54, 1.807) is 6.20 Å². The smallest absolute Gasteiger partial charge is 0.154 e. The van der Waals surface area contributed by atoms with E-state index in [-0.39, 0.29) is 6.10 Å². The van der Waals surface area contributed by atoms with E-state index in [4.69, 9.17) is 9.47 Å². The molecule has 2 aliphatic rings. The van der Waals surface area contributed by atoms with E-state index in [1.807, 2.05) is 48.1 Å². The summed E-state index contributed by atoms with van der Waals surface area (Å²) in [6.45, 7) is 3.54. The highest BCUT2D eigenvalue weighted by Gasteiger charge is 2.38. The Kier molecular flexibility index (Phi) is 5.35. The van der Waals surface area contributed by atoms with Gasteiger partial charge in [-0.1, -0.05) is 6.07 Å². The van der Waals surface area contributed by atoms with Crippen LogP contribution in [0.5, 0.6) is 5.75 Å². The summed E-state index contributed by atoms with van der Waals surface area (Å²) < 4.78 is 14.3. The first-order chi connectivity index (χ1) is 16.6. The zero-order valence-corrected chi connectivity index (χ0v) is 19.3. The number of morpholine rings is 1. The first-order valence-corrected chi connectivity index (χ1v) is 11.6. The Morgan fingerprint density at radius 3 is 2.71 bits per heavy atom. The summed E-state index contributed by atoms with van der Waals surface area (Å²) in [5, 5.41) is 15.9. The molecule has 4 aromatic heterocycles. The van der Waals surface area contributed by atoms with Crippen LogP contribution >= 0.6 is 0 Å². The fourth-order valence-corrected chi connectivity index (χ4v) is 4.98. The molecule has 9 nitrogen and oxygen atoms in total. The van der Waals surface area contributed by atoms with Crippen LogP contribution in [0.4, 0.5) is 11.6 Å². The van der Waals surface area contributed by atoms with Gasteiger partial charge in [0.25, 0.3) is 0 Å². The van der Waals surface area contributed by atoms with Crippen molar-refractivity contribution in [2.24, 2.45) is 0 Å². The quantitative estimate of drug-likeness (QED) is 0.487. The molecule has 2 atom stereocenters. The highest BCUT2D eigenvalue weighted by Crippen LogP contribution is 2.37. The van der Waals surface area contributed by atoms with Gasteiger partial charge in [0.15, 0.2) is 11.6 Å². The maximum absolute atomic E-state index is 6.62. The van der Waals surface area contributed by atoms with Crippen molar-refractivity contribution in [3.63, 3.8) is 0 Å². The summed E-state index contributed by atoms with van der Waals surface area (Å²) in [4.78, 5) is 6.99. The van der Waals surface area contributed by atoms with Gasteiger partial charge in [-0.3, -0.25) is 9.88 Å². The van der Waals surface area contributed by atoms with E-state index in [9.17, 15) is 0 Å². The largest absolute Gasteiger partial charge is 0.488 e. The van der Waals surface area contributed by atoms with Crippen LogP contribution in [-0.4, -0.2) is 68.1 Å². The Hall–Kier alpha value is -3.56. The van der Waals surface area contributed by atoms with E-state index < -0.39 is 0 Å². The van der Waals surface area contributed by atoms with Gasteiger partial charge in [-0.15, -0.1) is 5.10 Å². The van der Waals surface area contributed by atoms with E-state index in [0.717, 1.165) is 54.1 Å². The zero-order valence-electron chi connectivity index (χ0n) is 19.3. The molecule has 6 rings (SSSR count). The van der Waals surface area contributed by atoms with Gasteiger partial charge in [0.1, 0.15) is 11.9 Å². The summed E-state index contributed by atoms with van der Waals surface area (Å²) in [5.41, 5.74) is 3.97. The van der Waals surface area contributed by atoms with Gasteiger partial charge in [-0.2, -0.15) is 10.2 Å². The minimum absolute atomic E-state index is 0.136. The molecule has 4 aromatic rings. The van der Waals surface area contributed by atoms with Crippen LogP contribution in [0, 0.1) is 6.92 Å². The van der Waals surface area contributed by atoms with Gasteiger partial charge in [-0.25, -0.2) is 4.52 Å². The first kappa shape index (κ1) is 21.0. The van der Waals surface area contributed by atoms with Gasteiger partial charge in [-0.05, 0) is 38.2 Å². The summed E-state index contributed by atoms with van der Waals surface area (Å²) >= 11 is 0. The topological polar surface area (TPSA) is 89.7 Å². The zero-order chi connectivity index (χ0) is 23.1. The van der Waals surface area contributed by atoms with Crippen molar-refractivity contribution in [1.29, 1.82) is 0 Å². The van der Waals surface area contributed by atoms with Crippen molar-refractivity contribution in [3.05, 3.63) is 60.7 Å². The Morgan fingerprint density at radius 1 is 1.06 bits per heavy atom. The molecule has 0 saturated carbocycles. The second kappa shape index (κ2) is 8.66. The number of nitrogens with one attached hydrogen (secondary N) is 1. The molecule has 0 aliphatic carbocycles. The summed E-state index contributed by atoms with van der Waals surface area (Å²) in [5.74, 6) is 2.15. The lowest BCUT2D eigenvalue weighted by molar-refractivity contribution is -0.0879. The minimum atomic E-state index is 0.136. The normalized spacial score (nSPS) is 22.6. The van der Waals surface area contributed by atoms with Crippen molar-refractivity contribution in [3.8, 4) is 16.9 Å². The molecular weight excluding hydrogens is 430 g/mol.